The van der Waals surface area contributed by atoms with Crippen LogP contribution in [0.25, 0.3) is 0 Å². The third kappa shape index (κ3) is 4.00. The second-order valence-corrected chi connectivity index (χ2v) is 5.85. The van der Waals surface area contributed by atoms with E-state index in [2.05, 4.69) is 0 Å². The Bertz CT molecular complexity index is 805. The highest BCUT2D eigenvalue weighted by atomic mass is 35.5. The van der Waals surface area contributed by atoms with Crippen LogP contribution in [0.2, 0.25) is 5.02 Å². The minimum atomic E-state index is -5.17. The molecule has 1 atom stereocenters. The van der Waals surface area contributed by atoms with Crippen LogP contribution < -0.4 is 5.32 Å². The molecule has 0 aliphatic heterocycles. The number of alkyl halides is 3. The first kappa shape index (κ1) is 19.0. The van der Waals surface area contributed by atoms with Crippen molar-refractivity contribution in [3.8, 4) is 0 Å². The molecule has 1 amide bonds. The largest absolute Gasteiger partial charge is 0.426 e. The predicted octanol–water partition coefficient (Wildman–Crippen LogP) is 3.82. The molecule has 2 N–H and O–H groups in total. The fourth-order valence-corrected chi connectivity index (χ4v) is 2.10. The van der Waals surface area contributed by atoms with Crippen LogP contribution in [0.4, 0.5) is 18.9 Å². The van der Waals surface area contributed by atoms with Crippen molar-refractivity contribution in [3.63, 3.8) is 0 Å². The fourth-order valence-electron chi connectivity index (χ4n) is 1.93. The van der Waals surface area contributed by atoms with E-state index in [0.717, 1.165) is 0 Å². The number of anilines is 1. The van der Waals surface area contributed by atoms with Gasteiger partial charge in [0.1, 0.15) is 0 Å². The summed E-state index contributed by atoms with van der Waals surface area (Å²) < 4.78 is 38.3. The fraction of sp³-hybridized carbons (Fsp3) is 0.176. The van der Waals surface area contributed by atoms with Gasteiger partial charge in [-0.1, -0.05) is 41.9 Å². The minimum Gasteiger partial charge on any atom is -0.373 e. The Morgan fingerprint density at radius 2 is 1.68 bits per heavy atom. The van der Waals surface area contributed by atoms with Crippen molar-refractivity contribution >= 4 is 29.0 Å². The Morgan fingerprint density at radius 1 is 1.08 bits per heavy atom. The van der Waals surface area contributed by atoms with E-state index in [1.54, 1.807) is 18.2 Å². The second kappa shape index (κ2) is 6.85. The van der Waals surface area contributed by atoms with E-state index in [9.17, 15) is 27.9 Å². The highest BCUT2D eigenvalue weighted by Gasteiger charge is 2.55. The van der Waals surface area contributed by atoms with Gasteiger partial charge in [0.15, 0.2) is 5.78 Å². The normalized spacial score (nSPS) is 13.8. The SMILES string of the molecule is CC(O)(C(=O)Nc1ccc(Cl)cc1C(=O)c1ccccc1)C(F)(F)F. The summed E-state index contributed by atoms with van der Waals surface area (Å²) in [7, 11) is 0. The summed E-state index contributed by atoms with van der Waals surface area (Å²) in [5.41, 5.74) is -3.62. The van der Waals surface area contributed by atoms with Gasteiger partial charge in [-0.3, -0.25) is 9.59 Å². The van der Waals surface area contributed by atoms with Crippen LogP contribution in [0, 0.1) is 0 Å². The summed E-state index contributed by atoms with van der Waals surface area (Å²) >= 11 is 5.85. The maximum Gasteiger partial charge on any atom is 0.426 e. The monoisotopic (exact) mass is 371 g/mol. The van der Waals surface area contributed by atoms with Gasteiger partial charge in [-0.25, -0.2) is 0 Å². The molecule has 0 saturated heterocycles. The number of halogens is 4. The van der Waals surface area contributed by atoms with E-state index >= 15 is 0 Å². The molecular formula is C17H13ClF3NO3. The Morgan fingerprint density at radius 3 is 2.24 bits per heavy atom. The average molecular weight is 372 g/mol. The predicted molar refractivity (Wildman–Crippen MR) is 86.6 cm³/mol. The zero-order valence-electron chi connectivity index (χ0n) is 12.9. The van der Waals surface area contributed by atoms with E-state index in [1.807, 2.05) is 5.32 Å². The van der Waals surface area contributed by atoms with Gasteiger partial charge in [0.25, 0.3) is 5.91 Å². The molecule has 0 saturated carbocycles. The summed E-state index contributed by atoms with van der Waals surface area (Å²) in [5.74, 6) is -2.24. The summed E-state index contributed by atoms with van der Waals surface area (Å²) in [6.07, 6.45) is -5.17. The summed E-state index contributed by atoms with van der Waals surface area (Å²) in [6.45, 7) is 0.330. The molecular weight excluding hydrogens is 359 g/mol. The smallest absolute Gasteiger partial charge is 0.373 e. The number of hydrogen-bond acceptors (Lipinski definition) is 3. The van der Waals surface area contributed by atoms with E-state index in [-0.39, 0.29) is 21.8 Å². The summed E-state index contributed by atoms with van der Waals surface area (Å²) in [4.78, 5) is 24.4. The highest BCUT2D eigenvalue weighted by molar-refractivity contribution is 6.31. The maximum absolute atomic E-state index is 12.8. The van der Waals surface area contributed by atoms with Gasteiger partial charge >= 0.3 is 6.18 Å². The van der Waals surface area contributed by atoms with Gasteiger partial charge in [0, 0.05) is 16.1 Å². The Hall–Kier alpha value is -2.38. The lowest BCUT2D eigenvalue weighted by Gasteiger charge is -2.25. The Kier molecular flexibility index (Phi) is 5.20. The van der Waals surface area contributed by atoms with Crippen LogP contribution in [0.1, 0.15) is 22.8 Å². The molecule has 0 aliphatic carbocycles. The lowest BCUT2D eigenvalue weighted by molar-refractivity contribution is -0.242. The standard InChI is InChI=1S/C17H13ClF3NO3/c1-16(25,17(19,20)21)15(24)22-13-8-7-11(18)9-12(13)14(23)10-5-3-2-4-6-10/h2-9,25H,1H3,(H,22,24). The number of nitrogens with one attached hydrogen (secondary N) is 1. The minimum absolute atomic E-state index is 0.0926. The number of carbonyl (C=O) groups excluding carboxylic acids is 2. The molecule has 2 rings (SSSR count). The second-order valence-electron chi connectivity index (χ2n) is 5.41. The van der Waals surface area contributed by atoms with E-state index in [4.69, 9.17) is 11.6 Å². The zero-order valence-corrected chi connectivity index (χ0v) is 13.7. The van der Waals surface area contributed by atoms with Gasteiger partial charge < -0.3 is 10.4 Å². The number of benzene rings is 2. The third-order valence-corrected chi connectivity index (χ3v) is 3.74. The molecule has 132 valence electrons. The molecule has 25 heavy (non-hydrogen) atoms. The van der Waals surface area contributed by atoms with E-state index < -0.39 is 23.5 Å². The molecule has 0 aromatic heterocycles. The lowest BCUT2D eigenvalue weighted by atomic mass is 10.0. The van der Waals surface area contributed by atoms with Crippen molar-refractivity contribution < 1.29 is 27.9 Å². The zero-order chi connectivity index (χ0) is 18.8. The van der Waals surface area contributed by atoms with E-state index in [0.29, 0.717) is 6.92 Å². The van der Waals surface area contributed by atoms with Crippen molar-refractivity contribution in [3.05, 3.63) is 64.7 Å². The summed E-state index contributed by atoms with van der Waals surface area (Å²) in [5, 5.41) is 11.5. The van der Waals surface area contributed by atoms with Crippen LogP contribution in [0.15, 0.2) is 48.5 Å². The number of hydrogen-bond donors (Lipinski definition) is 2. The van der Waals surface area contributed by atoms with Gasteiger partial charge in [-0.15, -0.1) is 0 Å². The van der Waals surface area contributed by atoms with Crippen LogP contribution in [0.5, 0.6) is 0 Å². The molecule has 0 spiro atoms. The molecule has 4 nitrogen and oxygen atoms in total. The number of carbonyl (C=O) groups is 2. The molecule has 0 radical (unpaired) electrons. The topological polar surface area (TPSA) is 66.4 Å². The van der Waals surface area contributed by atoms with Gasteiger partial charge in [-0.2, -0.15) is 13.2 Å². The highest BCUT2D eigenvalue weighted by Crippen LogP contribution is 2.32. The van der Waals surface area contributed by atoms with Crippen molar-refractivity contribution in [2.24, 2.45) is 0 Å². The summed E-state index contributed by atoms with van der Waals surface area (Å²) in [6, 6.07) is 11.7. The first-order valence-electron chi connectivity index (χ1n) is 7.04. The Balaban J connectivity index is 2.40. The molecule has 0 fully saturated rings. The molecule has 0 aliphatic rings. The van der Waals surface area contributed by atoms with E-state index in [1.165, 1.54) is 30.3 Å². The van der Waals surface area contributed by atoms with Crippen LogP contribution in [0.3, 0.4) is 0 Å². The molecule has 1 unspecified atom stereocenters. The Labute approximate surface area is 146 Å². The number of aliphatic hydroxyl groups is 1. The molecule has 2 aromatic rings. The van der Waals surface area contributed by atoms with Crippen molar-refractivity contribution in [2.75, 3.05) is 5.32 Å². The van der Waals surface area contributed by atoms with Gasteiger partial charge in [0.05, 0.1) is 5.69 Å². The van der Waals surface area contributed by atoms with Gasteiger partial charge in [0.2, 0.25) is 5.60 Å². The average Bonchev–Trinajstić information content (AvgIpc) is 2.55. The van der Waals surface area contributed by atoms with Crippen molar-refractivity contribution in [1.82, 2.24) is 0 Å². The van der Waals surface area contributed by atoms with Crippen LogP contribution in [-0.2, 0) is 4.79 Å². The quantitative estimate of drug-likeness (QED) is 0.803. The van der Waals surface area contributed by atoms with Crippen LogP contribution >= 0.6 is 11.6 Å². The van der Waals surface area contributed by atoms with Crippen LogP contribution in [-0.4, -0.2) is 28.6 Å². The molecule has 2 aromatic carbocycles. The van der Waals surface area contributed by atoms with Crippen molar-refractivity contribution in [1.29, 1.82) is 0 Å². The number of ketones is 1. The number of rotatable bonds is 4. The maximum atomic E-state index is 12.8. The lowest BCUT2D eigenvalue weighted by Crippen LogP contribution is -2.52. The molecule has 8 heteroatoms. The third-order valence-electron chi connectivity index (χ3n) is 3.50. The molecule has 0 bridgehead atoms. The first-order chi connectivity index (χ1) is 11.5. The first-order valence-corrected chi connectivity index (χ1v) is 7.41. The molecule has 0 heterocycles. The number of amides is 1. The van der Waals surface area contributed by atoms with Gasteiger partial charge in [-0.05, 0) is 25.1 Å². The van der Waals surface area contributed by atoms with Crippen molar-refractivity contribution in [2.45, 2.75) is 18.7 Å².